The van der Waals surface area contributed by atoms with E-state index in [1.165, 1.54) is 13.0 Å². The fourth-order valence-corrected chi connectivity index (χ4v) is 1.57. The lowest BCUT2D eigenvalue weighted by atomic mass is 10.1. The van der Waals surface area contributed by atoms with Crippen LogP contribution in [0.1, 0.15) is 35.5 Å². The first kappa shape index (κ1) is 14.5. The fourth-order valence-electron chi connectivity index (χ4n) is 1.57. The molecule has 0 radical (unpaired) electrons. The number of rotatable bonds is 4. The average molecular weight is 258 g/mol. The number of ketones is 1. The minimum atomic E-state index is -0.432. The number of nitriles is 1. The summed E-state index contributed by atoms with van der Waals surface area (Å²) in [5.41, 5.74) is 0.257. The Morgan fingerprint density at radius 3 is 2.58 bits per heavy atom. The van der Waals surface area contributed by atoms with Crippen LogP contribution in [0.25, 0.3) is 0 Å². The van der Waals surface area contributed by atoms with Crippen LogP contribution in [-0.2, 0) is 4.79 Å². The lowest BCUT2D eigenvalue weighted by Gasteiger charge is -1.97. The zero-order chi connectivity index (χ0) is 14.4. The lowest BCUT2D eigenvalue weighted by Crippen LogP contribution is -2.08. The highest BCUT2D eigenvalue weighted by Gasteiger charge is 2.21. The molecule has 0 aliphatic rings. The zero-order valence-electron chi connectivity index (χ0n) is 11.0. The second-order valence-corrected chi connectivity index (χ2v) is 3.78. The van der Waals surface area contributed by atoms with Crippen molar-refractivity contribution in [1.29, 1.82) is 5.26 Å². The number of Topliss-reactive ketones (excluding diaryl/α,β-unsaturated/α-hetero) is 1. The van der Waals surface area contributed by atoms with Gasteiger partial charge in [-0.05, 0) is 20.8 Å². The summed E-state index contributed by atoms with van der Waals surface area (Å²) >= 11 is 0. The average Bonchev–Trinajstić information content (AvgIpc) is 2.65. The predicted octanol–water partition coefficient (Wildman–Crippen LogP) is 2.73. The molecule has 1 amide bonds. The molecular weight excluding hydrogens is 244 g/mol. The number of hydrogen-bond acceptors (Lipinski definition) is 4. The topological polar surface area (TPSA) is 83.1 Å². The minimum absolute atomic E-state index is 0.000304. The number of carbonyl (C=O) groups is 2. The first-order valence-corrected chi connectivity index (χ1v) is 5.66. The summed E-state index contributed by atoms with van der Waals surface area (Å²) in [6.45, 7) is 4.74. The van der Waals surface area contributed by atoms with Crippen molar-refractivity contribution in [3.8, 4) is 6.07 Å². The monoisotopic (exact) mass is 258 g/mol. The highest BCUT2D eigenvalue weighted by Crippen LogP contribution is 2.26. The molecule has 0 atom stereocenters. The van der Waals surface area contributed by atoms with Crippen LogP contribution in [0.5, 0.6) is 0 Å². The first-order chi connectivity index (χ1) is 9.01. The highest BCUT2D eigenvalue weighted by atomic mass is 16.4. The lowest BCUT2D eigenvalue weighted by molar-refractivity contribution is -0.112. The van der Waals surface area contributed by atoms with E-state index in [0.717, 1.165) is 0 Å². The predicted molar refractivity (Wildman–Crippen MR) is 70.7 cm³/mol. The van der Waals surface area contributed by atoms with E-state index in [1.54, 1.807) is 25.2 Å². The molecule has 1 aromatic rings. The van der Waals surface area contributed by atoms with E-state index < -0.39 is 5.91 Å². The Labute approximate surface area is 111 Å². The van der Waals surface area contributed by atoms with Gasteiger partial charge >= 0.3 is 0 Å². The van der Waals surface area contributed by atoms with Crippen molar-refractivity contribution in [2.45, 2.75) is 20.8 Å². The Bertz CT molecular complexity index is 601. The van der Waals surface area contributed by atoms with Crippen molar-refractivity contribution in [3.63, 3.8) is 0 Å². The number of nitrogens with one attached hydrogen (secondary N) is 1. The van der Waals surface area contributed by atoms with Gasteiger partial charge in [-0.15, -0.1) is 0 Å². The van der Waals surface area contributed by atoms with Crippen molar-refractivity contribution < 1.29 is 14.0 Å². The maximum Gasteiger partial charge on any atom is 0.250 e. The van der Waals surface area contributed by atoms with E-state index in [9.17, 15) is 9.59 Å². The zero-order valence-corrected chi connectivity index (χ0v) is 11.0. The van der Waals surface area contributed by atoms with E-state index >= 15 is 0 Å². The van der Waals surface area contributed by atoms with Gasteiger partial charge in [-0.3, -0.25) is 14.9 Å². The Balaban J connectivity index is 3.04. The quantitative estimate of drug-likeness (QED) is 0.511. The molecule has 0 aliphatic carbocycles. The molecule has 1 aromatic heterocycles. The number of allylic oxidation sites excluding steroid dienone is 3. The third-order valence-electron chi connectivity index (χ3n) is 2.34. The van der Waals surface area contributed by atoms with E-state index in [4.69, 9.17) is 9.68 Å². The van der Waals surface area contributed by atoms with Crippen LogP contribution in [0.3, 0.4) is 0 Å². The summed E-state index contributed by atoms with van der Waals surface area (Å²) in [5.74, 6) is -0.390. The van der Waals surface area contributed by atoms with Crippen LogP contribution in [-0.4, -0.2) is 11.7 Å². The number of anilines is 1. The number of amides is 1. The van der Waals surface area contributed by atoms with Crippen LogP contribution in [0.4, 0.5) is 5.88 Å². The van der Waals surface area contributed by atoms with E-state index in [-0.39, 0.29) is 22.8 Å². The molecule has 0 saturated carbocycles. The van der Waals surface area contributed by atoms with Crippen molar-refractivity contribution in [3.05, 3.63) is 41.2 Å². The van der Waals surface area contributed by atoms with Crippen LogP contribution < -0.4 is 5.32 Å². The standard InChI is InChI=1S/C14H14N2O3/c1-4-5-6-7-12(18)16-14-11(8-15)13(9(2)17)10(3)19-14/h4-7H,1-3H3,(H,16,18)/b5-4+,7-6+. The third kappa shape index (κ3) is 3.42. The molecule has 1 rings (SSSR count). The molecule has 19 heavy (non-hydrogen) atoms. The SMILES string of the molecule is C/C=C/C=C/C(=O)Nc1oc(C)c(C(C)=O)c1C#N. The van der Waals surface area contributed by atoms with Crippen molar-refractivity contribution in [2.24, 2.45) is 0 Å². The molecule has 0 saturated heterocycles. The number of nitrogens with zero attached hydrogens (tertiary/aromatic N) is 1. The molecule has 0 spiro atoms. The maximum atomic E-state index is 11.6. The van der Waals surface area contributed by atoms with E-state index in [2.05, 4.69) is 5.32 Å². The van der Waals surface area contributed by atoms with E-state index in [0.29, 0.717) is 5.76 Å². The van der Waals surface area contributed by atoms with Gasteiger partial charge in [-0.2, -0.15) is 5.26 Å². The minimum Gasteiger partial charge on any atom is -0.443 e. The van der Waals surface area contributed by atoms with Crippen LogP contribution in [0.15, 0.2) is 28.7 Å². The summed E-state index contributed by atoms with van der Waals surface area (Å²) in [6, 6.07) is 1.87. The smallest absolute Gasteiger partial charge is 0.250 e. The van der Waals surface area contributed by atoms with Gasteiger partial charge in [-0.25, -0.2) is 0 Å². The second kappa shape index (κ2) is 6.36. The van der Waals surface area contributed by atoms with Crippen LogP contribution in [0, 0.1) is 18.3 Å². The van der Waals surface area contributed by atoms with Gasteiger partial charge in [0, 0.05) is 6.08 Å². The third-order valence-corrected chi connectivity index (χ3v) is 2.34. The molecule has 1 N–H and O–H groups in total. The number of hydrogen-bond donors (Lipinski definition) is 1. The van der Waals surface area contributed by atoms with Gasteiger partial charge in [0.05, 0.1) is 5.56 Å². The summed E-state index contributed by atoms with van der Waals surface area (Å²) in [5, 5.41) is 11.5. The van der Waals surface area contributed by atoms with Crippen LogP contribution >= 0.6 is 0 Å². The molecule has 0 unspecified atom stereocenters. The summed E-state index contributed by atoms with van der Waals surface area (Å²) in [6.07, 6.45) is 6.32. The highest BCUT2D eigenvalue weighted by molar-refractivity contribution is 6.03. The van der Waals surface area contributed by atoms with Crippen molar-refractivity contribution in [1.82, 2.24) is 0 Å². The van der Waals surface area contributed by atoms with Gasteiger partial charge in [0.1, 0.15) is 17.4 Å². The summed E-state index contributed by atoms with van der Waals surface area (Å²) < 4.78 is 5.25. The Kier molecular flexibility index (Phi) is 4.84. The fraction of sp³-hybridized carbons (Fsp3) is 0.214. The Morgan fingerprint density at radius 2 is 2.05 bits per heavy atom. The Morgan fingerprint density at radius 1 is 1.37 bits per heavy atom. The number of aryl methyl sites for hydroxylation is 1. The molecule has 5 nitrogen and oxygen atoms in total. The summed E-state index contributed by atoms with van der Waals surface area (Å²) in [7, 11) is 0. The molecule has 98 valence electrons. The van der Waals surface area contributed by atoms with Crippen molar-refractivity contribution >= 4 is 17.6 Å². The van der Waals surface area contributed by atoms with E-state index in [1.807, 2.05) is 13.0 Å². The van der Waals surface area contributed by atoms with Crippen molar-refractivity contribution in [2.75, 3.05) is 5.32 Å². The molecule has 0 aliphatic heterocycles. The van der Waals surface area contributed by atoms with Gasteiger partial charge in [0.15, 0.2) is 5.78 Å². The first-order valence-electron chi connectivity index (χ1n) is 5.66. The largest absolute Gasteiger partial charge is 0.443 e. The van der Waals surface area contributed by atoms with Gasteiger partial charge in [-0.1, -0.05) is 18.2 Å². The number of furan rings is 1. The molecule has 0 aromatic carbocycles. The molecule has 5 heteroatoms. The van der Waals surface area contributed by atoms with Gasteiger partial charge < -0.3 is 4.42 Å². The maximum absolute atomic E-state index is 11.6. The molecular formula is C14H14N2O3. The summed E-state index contributed by atoms with van der Waals surface area (Å²) in [4.78, 5) is 23.0. The normalized spacial score (nSPS) is 10.8. The number of carbonyl (C=O) groups excluding carboxylic acids is 2. The Hall–Kier alpha value is -2.61. The second-order valence-electron chi connectivity index (χ2n) is 3.78. The molecule has 1 heterocycles. The van der Waals surface area contributed by atoms with Gasteiger partial charge in [0.25, 0.3) is 5.91 Å². The molecule has 0 bridgehead atoms. The molecule has 0 fully saturated rings. The van der Waals surface area contributed by atoms with Gasteiger partial charge in [0.2, 0.25) is 5.88 Å². The van der Waals surface area contributed by atoms with Crippen LogP contribution in [0.2, 0.25) is 0 Å².